The van der Waals surface area contributed by atoms with Crippen molar-refractivity contribution < 1.29 is 14.3 Å². The first kappa shape index (κ1) is 14.2. The molecule has 2 aliphatic rings. The summed E-state index contributed by atoms with van der Waals surface area (Å²) in [4.78, 5) is 14.6. The number of benzene rings is 1. The number of amides is 1. The van der Waals surface area contributed by atoms with Crippen molar-refractivity contribution in [3.63, 3.8) is 0 Å². The third kappa shape index (κ3) is 2.97. The maximum atomic E-state index is 12.7. The second-order valence-corrected chi connectivity index (χ2v) is 5.64. The number of ether oxygens (including phenoxy) is 2. The third-order valence-corrected chi connectivity index (χ3v) is 4.27. The second-order valence-electron chi connectivity index (χ2n) is 5.64. The average molecular weight is 290 g/mol. The molecule has 0 aromatic heterocycles. The van der Waals surface area contributed by atoms with Crippen molar-refractivity contribution in [2.24, 2.45) is 11.7 Å². The molecule has 1 aromatic carbocycles. The van der Waals surface area contributed by atoms with Crippen molar-refractivity contribution in [2.75, 3.05) is 32.8 Å². The van der Waals surface area contributed by atoms with Crippen LogP contribution in [0.15, 0.2) is 18.2 Å². The lowest BCUT2D eigenvalue weighted by Crippen LogP contribution is -2.39. The average Bonchev–Trinajstić information content (AvgIpc) is 2.55. The van der Waals surface area contributed by atoms with Gasteiger partial charge in [-0.05, 0) is 43.9 Å². The van der Waals surface area contributed by atoms with E-state index in [1.165, 1.54) is 0 Å². The molecule has 2 aliphatic heterocycles. The molecule has 5 heteroatoms. The standard InChI is InChI=1S/C16H22N2O3/c17-7-4-12-5-8-18(9-6-12)16(19)13-2-1-3-14-15(13)21-11-10-20-14/h1-3,12H,4-11,17H2. The van der Waals surface area contributed by atoms with Gasteiger partial charge in [0.15, 0.2) is 11.5 Å². The number of hydrogen-bond donors (Lipinski definition) is 1. The summed E-state index contributed by atoms with van der Waals surface area (Å²) in [6.07, 6.45) is 3.13. The van der Waals surface area contributed by atoms with E-state index in [1.807, 2.05) is 23.1 Å². The molecule has 0 unspecified atom stereocenters. The van der Waals surface area contributed by atoms with Crippen LogP contribution in [0.5, 0.6) is 11.5 Å². The van der Waals surface area contributed by atoms with E-state index in [-0.39, 0.29) is 5.91 Å². The lowest BCUT2D eigenvalue weighted by molar-refractivity contribution is 0.0678. The number of carbonyl (C=O) groups excluding carboxylic acids is 1. The zero-order chi connectivity index (χ0) is 14.7. The summed E-state index contributed by atoms with van der Waals surface area (Å²) < 4.78 is 11.2. The molecule has 2 heterocycles. The van der Waals surface area contributed by atoms with E-state index in [0.717, 1.165) is 38.9 Å². The Bertz CT molecular complexity index is 510. The number of nitrogens with zero attached hydrogens (tertiary/aromatic N) is 1. The monoisotopic (exact) mass is 290 g/mol. The smallest absolute Gasteiger partial charge is 0.257 e. The third-order valence-electron chi connectivity index (χ3n) is 4.27. The molecular weight excluding hydrogens is 268 g/mol. The number of carbonyl (C=O) groups is 1. The highest BCUT2D eigenvalue weighted by atomic mass is 16.6. The molecule has 0 saturated carbocycles. The van der Waals surface area contributed by atoms with E-state index in [0.29, 0.717) is 36.2 Å². The first-order chi connectivity index (χ1) is 10.3. The fourth-order valence-corrected chi connectivity index (χ4v) is 3.07. The number of piperidine rings is 1. The van der Waals surface area contributed by atoms with Gasteiger partial charge in [-0.3, -0.25) is 4.79 Å². The Morgan fingerprint density at radius 2 is 2.00 bits per heavy atom. The molecule has 5 nitrogen and oxygen atoms in total. The molecule has 114 valence electrons. The van der Waals surface area contributed by atoms with Crippen LogP contribution in [-0.2, 0) is 0 Å². The van der Waals surface area contributed by atoms with Crippen molar-refractivity contribution in [3.05, 3.63) is 23.8 Å². The first-order valence-electron chi connectivity index (χ1n) is 7.67. The summed E-state index contributed by atoms with van der Waals surface area (Å²) in [5.41, 5.74) is 6.23. The van der Waals surface area contributed by atoms with E-state index in [2.05, 4.69) is 0 Å². The zero-order valence-corrected chi connectivity index (χ0v) is 12.2. The van der Waals surface area contributed by atoms with Gasteiger partial charge in [0, 0.05) is 13.1 Å². The molecule has 21 heavy (non-hydrogen) atoms. The number of nitrogens with two attached hydrogens (primary N) is 1. The topological polar surface area (TPSA) is 64.8 Å². The number of rotatable bonds is 3. The highest BCUT2D eigenvalue weighted by Gasteiger charge is 2.27. The molecule has 0 bridgehead atoms. The van der Waals surface area contributed by atoms with E-state index in [1.54, 1.807) is 0 Å². The van der Waals surface area contributed by atoms with Crippen LogP contribution >= 0.6 is 0 Å². The summed E-state index contributed by atoms with van der Waals surface area (Å²) in [7, 11) is 0. The van der Waals surface area contributed by atoms with Crippen molar-refractivity contribution in [1.82, 2.24) is 4.90 Å². The van der Waals surface area contributed by atoms with Gasteiger partial charge in [-0.25, -0.2) is 0 Å². The molecule has 0 atom stereocenters. The van der Waals surface area contributed by atoms with Crippen molar-refractivity contribution >= 4 is 5.91 Å². The molecular formula is C16H22N2O3. The molecule has 3 rings (SSSR count). The Hall–Kier alpha value is -1.75. The number of hydrogen-bond acceptors (Lipinski definition) is 4. The van der Waals surface area contributed by atoms with Crippen LogP contribution in [0.1, 0.15) is 29.6 Å². The molecule has 1 fully saturated rings. The SMILES string of the molecule is NCCC1CCN(C(=O)c2cccc3c2OCCO3)CC1. The molecule has 2 N–H and O–H groups in total. The molecule has 1 aromatic rings. The maximum Gasteiger partial charge on any atom is 0.257 e. The van der Waals surface area contributed by atoms with Gasteiger partial charge in [-0.2, -0.15) is 0 Å². The Morgan fingerprint density at radius 1 is 1.24 bits per heavy atom. The van der Waals surface area contributed by atoms with E-state index >= 15 is 0 Å². The van der Waals surface area contributed by atoms with Crippen LogP contribution < -0.4 is 15.2 Å². The molecule has 1 amide bonds. The highest BCUT2D eigenvalue weighted by Crippen LogP contribution is 2.34. The minimum Gasteiger partial charge on any atom is -0.486 e. The van der Waals surface area contributed by atoms with Crippen LogP contribution in [0.2, 0.25) is 0 Å². The number of para-hydroxylation sites is 1. The molecule has 0 aliphatic carbocycles. The van der Waals surface area contributed by atoms with Gasteiger partial charge in [-0.1, -0.05) is 6.07 Å². The van der Waals surface area contributed by atoms with Crippen LogP contribution in [-0.4, -0.2) is 43.7 Å². The second kappa shape index (κ2) is 6.35. The summed E-state index contributed by atoms with van der Waals surface area (Å²) in [5.74, 6) is 1.97. The number of likely N-dealkylation sites (tertiary alicyclic amines) is 1. The first-order valence-corrected chi connectivity index (χ1v) is 7.67. The van der Waals surface area contributed by atoms with Gasteiger partial charge in [0.05, 0.1) is 5.56 Å². The van der Waals surface area contributed by atoms with Crippen molar-refractivity contribution in [1.29, 1.82) is 0 Å². The van der Waals surface area contributed by atoms with Crippen molar-refractivity contribution in [3.8, 4) is 11.5 Å². The predicted molar refractivity (Wildman–Crippen MR) is 79.7 cm³/mol. The van der Waals surface area contributed by atoms with Crippen LogP contribution in [0, 0.1) is 5.92 Å². The molecule has 0 spiro atoms. The van der Waals surface area contributed by atoms with Gasteiger partial charge in [0.1, 0.15) is 13.2 Å². The van der Waals surface area contributed by atoms with Gasteiger partial charge in [0.25, 0.3) is 5.91 Å². The Balaban J connectivity index is 1.72. The maximum absolute atomic E-state index is 12.7. The van der Waals surface area contributed by atoms with Gasteiger partial charge >= 0.3 is 0 Å². The fraction of sp³-hybridized carbons (Fsp3) is 0.562. The largest absolute Gasteiger partial charge is 0.486 e. The molecule has 0 radical (unpaired) electrons. The van der Waals surface area contributed by atoms with E-state index in [4.69, 9.17) is 15.2 Å². The van der Waals surface area contributed by atoms with Crippen LogP contribution in [0.25, 0.3) is 0 Å². The molecule has 1 saturated heterocycles. The van der Waals surface area contributed by atoms with E-state index in [9.17, 15) is 4.79 Å². The summed E-state index contributed by atoms with van der Waals surface area (Å²) in [5, 5.41) is 0. The van der Waals surface area contributed by atoms with Crippen LogP contribution in [0.4, 0.5) is 0 Å². The summed E-state index contributed by atoms with van der Waals surface area (Å²) in [6, 6.07) is 5.52. The normalized spacial score (nSPS) is 18.6. The Kier molecular flexibility index (Phi) is 4.29. The minimum atomic E-state index is 0.0450. The lowest BCUT2D eigenvalue weighted by atomic mass is 9.93. The zero-order valence-electron chi connectivity index (χ0n) is 12.2. The van der Waals surface area contributed by atoms with E-state index < -0.39 is 0 Å². The number of fused-ring (bicyclic) bond motifs is 1. The van der Waals surface area contributed by atoms with Gasteiger partial charge < -0.3 is 20.1 Å². The predicted octanol–water partition coefficient (Wildman–Crippen LogP) is 1.66. The fourth-order valence-electron chi connectivity index (χ4n) is 3.07. The highest BCUT2D eigenvalue weighted by molar-refractivity contribution is 5.98. The minimum absolute atomic E-state index is 0.0450. The van der Waals surface area contributed by atoms with Gasteiger partial charge in [0.2, 0.25) is 0 Å². The lowest BCUT2D eigenvalue weighted by Gasteiger charge is -2.32. The van der Waals surface area contributed by atoms with Gasteiger partial charge in [-0.15, -0.1) is 0 Å². The van der Waals surface area contributed by atoms with Crippen LogP contribution in [0.3, 0.4) is 0 Å². The Labute approximate surface area is 125 Å². The quantitative estimate of drug-likeness (QED) is 0.919. The summed E-state index contributed by atoms with van der Waals surface area (Å²) in [6.45, 7) is 3.36. The summed E-state index contributed by atoms with van der Waals surface area (Å²) >= 11 is 0. The van der Waals surface area contributed by atoms with Crippen molar-refractivity contribution in [2.45, 2.75) is 19.3 Å². The Morgan fingerprint density at radius 3 is 2.76 bits per heavy atom.